The average Bonchev–Trinajstić information content (AvgIpc) is 3.46. The first-order valence-electron chi connectivity index (χ1n) is 9.76. The molecule has 138 valence electrons. The zero-order chi connectivity index (χ0) is 17.5. The molecule has 0 aromatic carbocycles. The van der Waals surface area contributed by atoms with E-state index in [9.17, 15) is 4.79 Å². The predicted octanol–water partition coefficient (Wildman–Crippen LogP) is 1.68. The molecule has 5 rings (SSSR count). The van der Waals surface area contributed by atoms with Crippen LogP contribution in [0.15, 0.2) is 18.3 Å². The molecule has 1 amide bonds. The molecule has 0 spiro atoms. The van der Waals surface area contributed by atoms with Crippen LogP contribution >= 0.6 is 0 Å². The number of fused-ring (bicyclic) bond motifs is 1. The standard InChI is InChI=1S/C19H25N5O2/c25-19(14-3-4-14)23-7-1-2-15(12-23)18-20-17-6-5-16(13-24(17)21-18)22-8-10-26-11-9-22/h5-6,13-15H,1-4,7-12H2/t15-/m1/s1. The van der Waals surface area contributed by atoms with Gasteiger partial charge in [0.05, 0.1) is 25.1 Å². The van der Waals surface area contributed by atoms with Crippen molar-refractivity contribution in [1.29, 1.82) is 0 Å². The predicted molar refractivity (Wildman–Crippen MR) is 97.3 cm³/mol. The lowest BCUT2D eigenvalue weighted by Crippen LogP contribution is -2.40. The molecule has 3 fully saturated rings. The number of hydrogen-bond acceptors (Lipinski definition) is 5. The third-order valence-electron chi connectivity index (χ3n) is 5.73. The fourth-order valence-corrected chi connectivity index (χ4v) is 4.05. The molecule has 7 nitrogen and oxygen atoms in total. The SMILES string of the molecule is O=C(C1CC1)N1CCC[C@@H](c2nc3ccc(N4CCOCC4)cn3n2)C1. The maximum Gasteiger partial charge on any atom is 0.225 e. The van der Waals surface area contributed by atoms with Gasteiger partial charge in [-0.25, -0.2) is 9.50 Å². The Balaban J connectivity index is 1.36. The van der Waals surface area contributed by atoms with E-state index in [1.165, 1.54) is 0 Å². The molecule has 7 heteroatoms. The Morgan fingerprint density at radius 3 is 2.77 bits per heavy atom. The number of likely N-dealkylation sites (tertiary alicyclic amines) is 1. The maximum absolute atomic E-state index is 12.4. The topological polar surface area (TPSA) is 63.0 Å². The molecule has 1 saturated carbocycles. The summed E-state index contributed by atoms with van der Waals surface area (Å²) in [6.07, 6.45) is 6.29. The smallest absolute Gasteiger partial charge is 0.225 e. The summed E-state index contributed by atoms with van der Waals surface area (Å²) < 4.78 is 7.32. The second-order valence-electron chi connectivity index (χ2n) is 7.66. The van der Waals surface area contributed by atoms with Crippen LogP contribution in [0.2, 0.25) is 0 Å². The summed E-state index contributed by atoms with van der Waals surface area (Å²) in [5, 5.41) is 4.76. The Bertz CT molecular complexity index is 809. The van der Waals surface area contributed by atoms with E-state index < -0.39 is 0 Å². The molecule has 2 aromatic heterocycles. The van der Waals surface area contributed by atoms with Gasteiger partial charge in [-0.3, -0.25) is 4.79 Å². The third kappa shape index (κ3) is 3.05. The van der Waals surface area contributed by atoms with Gasteiger partial charge in [0.25, 0.3) is 0 Å². The van der Waals surface area contributed by atoms with Gasteiger partial charge in [-0.15, -0.1) is 0 Å². The van der Waals surface area contributed by atoms with Gasteiger partial charge in [-0.1, -0.05) is 0 Å². The van der Waals surface area contributed by atoms with E-state index in [0.717, 1.165) is 82.2 Å². The number of anilines is 1. The highest BCUT2D eigenvalue weighted by atomic mass is 16.5. The monoisotopic (exact) mass is 355 g/mol. The molecule has 3 aliphatic rings. The summed E-state index contributed by atoms with van der Waals surface area (Å²) in [5.74, 6) is 1.75. The molecule has 4 heterocycles. The molecule has 2 aliphatic heterocycles. The van der Waals surface area contributed by atoms with Crippen molar-refractivity contribution in [3.63, 3.8) is 0 Å². The van der Waals surface area contributed by atoms with E-state index in [0.29, 0.717) is 11.8 Å². The molecular formula is C19H25N5O2. The Kier molecular flexibility index (Phi) is 4.04. The van der Waals surface area contributed by atoms with E-state index in [4.69, 9.17) is 14.8 Å². The van der Waals surface area contributed by atoms with E-state index >= 15 is 0 Å². The molecule has 26 heavy (non-hydrogen) atoms. The minimum absolute atomic E-state index is 0.248. The van der Waals surface area contributed by atoms with Gasteiger partial charge in [0, 0.05) is 38.0 Å². The maximum atomic E-state index is 12.4. The number of piperidine rings is 1. The van der Waals surface area contributed by atoms with E-state index in [1.54, 1.807) is 0 Å². The second kappa shape index (κ2) is 6.54. The molecule has 1 aliphatic carbocycles. The van der Waals surface area contributed by atoms with Crippen molar-refractivity contribution in [1.82, 2.24) is 19.5 Å². The number of carbonyl (C=O) groups is 1. The minimum Gasteiger partial charge on any atom is -0.378 e. The molecule has 0 bridgehead atoms. The first kappa shape index (κ1) is 16.1. The van der Waals surface area contributed by atoms with Crippen molar-refractivity contribution in [2.45, 2.75) is 31.6 Å². The van der Waals surface area contributed by atoms with Crippen LogP contribution in [0.25, 0.3) is 5.65 Å². The number of carbonyl (C=O) groups excluding carboxylic acids is 1. The Labute approximate surface area is 152 Å². The lowest BCUT2D eigenvalue weighted by molar-refractivity contribution is -0.133. The van der Waals surface area contributed by atoms with E-state index in [2.05, 4.69) is 17.2 Å². The van der Waals surface area contributed by atoms with Gasteiger partial charge in [-0.05, 0) is 37.8 Å². The quantitative estimate of drug-likeness (QED) is 0.838. The van der Waals surface area contributed by atoms with Crippen LogP contribution in [0.1, 0.15) is 37.4 Å². The van der Waals surface area contributed by atoms with Crippen LogP contribution in [0.5, 0.6) is 0 Å². The summed E-state index contributed by atoms with van der Waals surface area (Å²) >= 11 is 0. The minimum atomic E-state index is 0.248. The number of hydrogen-bond donors (Lipinski definition) is 0. The highest BCUT2D eigenvalue weighted by Crippen LogP contribution is 2.34. The number of aromatic nitrogens is 3. The number of ether oxygens (including phenoxy) is 1. The largest absolute Gasteiger partial charge is 0.378 e. The Morgan fingerprint density at radius 2 is 1.96 bits per heavy atom. The summed E-state index contributed by atoms with van der Waals surface area (Å²) in [5.41, 5.74) is 2.04. The van der Waals surface area contributed by atoms with Gasteiger partial charge >= 0.3 is 0 Å². The lowest BCUT2D eigenvalue weighted by Gasteiger charge is -2.31. The fraction of sp³-hybridized carbons (Fsp3) is 0.632. The lowest BCUT2D eigenvalue weighted by atomic mass is 9.97. The van der Waals surface area contributed by atoms with Crippen molar-refractivity contribution in [2.75, 3.05) is 44.3 Å². The normalized spacial score (nSPS) is 24.2. The molecule has 0 radical (unpaired) electrons. The first-order chi connectivity index (χ1) is 12.8. The average molecular weight is 355 g/mol. The highest BCUT2D eigenvalue weighted by Gasteiger charge is 2.36. The third-order valence-corrected chi connectivity index (χ3v) is 5.73. The molecule has 0 N–H and O–H groups in total. The molecule has 1 atom stereocenters. The van der Waals surface area contributed by atoms with Crippen molar-refractivity contribution >= 4 is 17.2 Å². The zero-order valence-corrected chi connectivity index (χ0v) is 15.0. The zero-order valence-electron chi connectivity index (χ0n) is 15.0. The van der Waals surface area contributed by atoms with Crippen molar-refractivity contribution < 1.29 is 9.53 Å². The van der Waals surface area contributed by atoms with Crippen molar-refractivity contribution in [3.8, 4) is 0 Å². The van der Waals surface area contributed by atoms with Gasteiger partial charge in [-0.2, -0.15) is 5.10 Å². The number of morpholine rings is 1. The first-order valence-corrected chi connectivity index (χ1v) is 9.76. The van der Waals surface area contributed by atoms with Gasteiger partial charge in [0.2, 0.25) is 5.91 Å². The fourth-order valence-electron chi connectivity index (χ4n) is 4.05. The summed E-state index contributed by atoms with van der Waals surface area (Å²) in [7, 11) is 0. The van der Waals surface area contributed by atoms with Gasteiger partial charge < -0.3 is 14.5 Å². The molecule has 0 unspecified atom stereocenters. The van der Waals surface area contributed by atoms with Crippen LogP contribution in [-0.4, -0.2) is 64.8 Å². The second-order valence-corrected chi connectivity index (χ2v) is 7.66. The number of pyridine rings is 1. The van der Waals surface area contributed by atoms with Crippen molar-refractivity contribution in [2.24, 2.45) is 5.92 Å². The van der Waals surface area contributed by atoms with E-state index in [1.807, 2.05) is 15.5 Å². The molecular weight excluding hydrogens is 330 g/mol. The summed E-state index contributed by atoms with van der Waals surface area (Å²) in [4.78, 5) is 21.5. The molecule has 2 aromatic rings. The highest BCUT2D eigenvalue weighted by molar-refractivity contribution is 5.81. The van der Waals surface area contributed by atoms with E-state index in [-0.39, 0.29) is 5.92 Å². The summed E-state index contributed by atoms with van der Waals surface area (Å²) in [6.45, 7) is 5.02. The molecule has 2 saturated heterocycles. The Hall–Kier alpha value is -2.15. The Morgan fingerprint density at radius 1 is 1.12 bits per heavy atom. The van der Waals surface area contributed by atoms with Crippen LogP contribution < -0.4 is 4.90 Å². The van der Waals surface area contributed by atoms with Crippen LogP contribution in [0.3, 0.4) is 0 Å². The summed E-state index contributed by atoms with van der Waals surface area (Å²) in [6, 6.07) is 4.15. The van der Waals surface area contributed by atoms with Gasteiger partial charge in [0.1, 0.15) is 0 Å². The van der Waals surface area contributed by atoms with Crippen LogP contribution in [-0.2, 0) is 9.53 Å². The van der Waals surface area contributed by atoms with Gasteiger partial charge in [0.15, 0.2) is 11.5 Å². The number of rotatable bonds is 3. The number of nitrogens with zero attached hydrogens (tertiary/aromatic N) is 5. The van der Waals surface area contributed by atoms with Crippen molar-refractivity contribution in [3.05, 3.63) is 24.2 Å². The van der Waals surface area contributed by atoms with Crippen LogP contribution in [0, 0.1) is 5.92 Å². The van der Waals surface area contributed by atoms with Crippen LogP contribution in [0.4, 0.5) is 5.69 Å². The number of amides is 1.